The molecule has 0 heterocycles. The van der Waals surface area contributed by atoms with Gasteiger partial charge in [-0.2, -0.15) is 0 Å². The topological polar surface area (TPSA) is 43.7 Å². The molecule has 1 saturated carbocycles. The molecule has 0 aromatic carbocycles. The Balaban J connectivity index is 2.38. The van der Waals surface area contributed by atoms with Crippen molar-refractivity contribution in [2.45, 2.75) is 51.0 Å². The van der Waals surface area contributed by atoms with Crippen molar-refractivity contribution in [1.29, 1.82) is 0 Å². The van der Waals surface area contributed by atoms with Crippen LogP contribution in [0.3, 0.4) is 0 Å². The molecule has 0 aromatic heterocycles. The molecule has 3 heteroatoms. The zero-order chi connectivity index (χ0) is 10.9. The van der Waals surface area contributed by atoms with Crippen LogP contribution >= 0.6 is 0 Å². The highest BCUT2D eigenvalue weighted by Gasteiger charge is 2.18. The molecule has 1 aliphatic carbocycles. The van der Waals surface area contributed by atoms with Gasteiger partial charge in [-0.15, -0.1) is 0 Å². The van der Waals surface area contributed by atoms with Gasteiger partial charge in [0.05, 0.1) is 13.2 Å². The molecule has 0 radical (unpaired) electrons. The summed E-state index contributed by atoms with van der Waals surface area (Å²) in [5, 5.41) is 18.0. The van der Waals surface area contributed by atoms with Crippen LogP contribution in [0.5, 0.6) is 0 Å². The molecule has 1 rings (SSSR count). The molecule has 0 aliphatic heterocycles. The van der Waals surface area contributed by atoms with Gasteiger partial charge < -0.3 is 10.2 Å². The molecule has 0 bridgehead atoms. The van der Waals surface area contributed by atoms with E-state index in [0.717, 1.165) is 0 Å². The first-order valence-corrected chi connectivity index (χ1v) is 6.34. The van der Waals surface area contributed by atoms with Crippen LogP contribution in [0.4, 0.5) is 0 Å². The van der Waals surface area contributed by atoms with E-state index >= 15 is 0 Å². The minimum Gasteiger partial charge on any atom is -0.395 e. The maximum atomic E-state index is 9.00. The molecular formula is C12H25NO2. The predicted molar refractivity (Wildman–Crippen MR) is 61.9 cm³/mol. The summed E-state index contributed by atoms with van der Waals surface area (Å²) in [5.41, 5.74) is 0. The normalized spacial score (nSPS) is 20.2. The maximum Gasteiger partial charge on any atom is 0.0558 e. The predicted octanol–water partition coefficient (Wildman–Crippen LogP) is 1.39. The number of aliphatic hydroxyl groups is 2. The smallest absolute Gasteiger partial charge is 0.0558 e. The summed E-state index contributed by atoms with van der Waals surface area (Å²) in [6, 6.07) is 0.588. The lowest BCUT2D eigenvalue weighted by molar-refractivity contribution is 0.107. The quantitative estimate of drug-likeness (QED) is 0.728. The summed E-state index contributed by atoms with van der Waals surface area (Å²) in [7, 11) is 0. The third kappa shape index (κ3) is 4.96. The van der Waals surface area contributed by atoms with Gasteiger partial charge in [0, 0.05) is 19.1 Å². The van der Waals surface area contributed by atoms with Crippen LogP contribution in [-0.2, 0) is 0 Å². The molecule has 1 fully saturated rings. The van der Waals surface area contributed by atoms with Gasteiger partial charge in [-0.1, -0.05) is 32.1 Å². The Labute approximate surface area is 93.1 Å². The first-order chi connectivity index (χ1) is 7.38. The van der Waals surface area contributed by atoms with Crippen LogP contribution in [0, 0.1) is 0 Å². The van der Waals surface area contributed by atoms with E-state index in [1.165, 1.54) is 44.9 Å². The fraction of sp³-hybridized carbons (Fsp3) is 1.00. The lowest BCUT2D eigenvalue weighted by atomic mass is 9.95. The monoisotopic (exact) mass is 215 g/mol. The Morgan fingerprint density at radius 2 is 1.27 bits per heavy atom. The van der Waals surface area contributed by atoms with Crippen LogP contribution < -0.4 is 0 Å². The number of hydrogen-bond acceptors (Lipinski definition) is 3. The lowest BCUT2D eigenvalue weighted by Gasteiger charge is -2.32. The summed E-state index contributed by atoms with van der Waals surface area (Å²) >= 11 is 0. The highest BCUT2D eigenvalue weighted by atomic mass is 16.3. The molecular weight excluding hydrogens is 190 g/mol. The van der Waals surface area contributed by atoms with Gasteiger partial charge in [0.2, 0.25) is 0 Å². The van der Waals surface area contributed by atoms with Crippen LogP contribution in [-0.4, -0.2) is 47.5 Å². The Bertz CT molecular complexity index is 139. The van der Waals surface area contributed by atoms with E-state index in [9.17, 15) is 0 Å². The Kier molecular flexibility index (Phi) is 6.98. The van der Waals surface area contributed by atoms with Crippen molar-refractivity contribution in [3.63, 3.8) is 0 Å². The van der Waals surface area contributed by atoms with Crippen molar-refractivity contribution in [3.05, 3.63) is 0 Å². The Morgan fingerprint density at radius 3 is 1.73 bits per heavy atom. The minimum absolute atomic E-state index is 0.205. The third-order valence-electron chi connectivity index (χ3n) is 3.37. The van der Waals surface area contributed by atoms with E-state index < -0.39 is 0 Å². The molecule has 1 aliphatic rings. The van der Waals surface area contributed by atoms with Gasteiger partial charge in [0.25, 0.3) is 0 Å². The van der Waals surface area contributed by atoms with Crippen molar-refractivity contribution >= 4 is 0 Å². The molecule has 3 nitrogen and oxygen atoms in total. The summed E-state index contributed by atoms with van der Waals surface area (Å²) in [6.07, 6.45) is 9.16. The number of aliphatic hydroxyl groups excluding tert-OH is 2. The first kappa shape index (κ1) is 12.9. The van der Waals surface area contributed by atoms with Crippen LogP contribution in [0.25, 0.3) is 0 Å². The average Bonchev–Trinajstić information content (AvgIpc) is 2.17. The van der Waals surface area contributed by atoms with E-state index in [2.05, 4.69) is 4.90 Å². The highest BCUT2D eigenvalue weighted by Crippen LogP contribution is 2.21. The fourth-order valence-electron chi connectivity index (χ4n) is 2.53. The second-order valence-corrected chi connectivity index (χ2v) is 4.48. The van der Waals surface area contributed by atoms with Crippen LogP contribution in [0.1, 0.15) is 44.9 Å². The van der Waals surface area contributed by atoms with Gasteiger partial charge in [-0.3, -0.25) is 4.90 Å². The summed E-state index contributed by atoms with van der Waals surface area (Å²) in [5.74, 6) is 0. The van der Waals surface area contributed by atoms with Crippen molar-refractivity contribution in [2.24, 2.45) is 0 Å². The van der Waals surface area contributed by atoms with Gasteiger partial charge in [0.1, 0.15) is 0 Å². The largest absolute Gasteiger partial charge is 0.395 e. The van der Waals surface area contributed by atoms with Crippen LogP contribution in [0.15, 0.2) is 0 Å². The molecule has 0 aromatic rings. The number of rotatable bonds is 5. The van der Waals surface area contributed by atoms with E-state index in [0.29, 0.717) is 19.1 Å². The van der Waals surface area contributed by atoms with E-state index in [4.69, 9.17) is 10.2 Å². The van der Waals surface area contributed by atoms with Crippen molar-refractivity contribution < 1.29 is 10.2 Å². The molecule has 2 N–H and O–H groups in total. The average molecular weight is 215 g/mol. The molecule has 0 unspecified atom stereocenters. The van der Waals surface area contributed by atoms with E-state index in [-0.39, 0.29) is 13.2 Å². The van der Waals surface area contributed by atoms with Gasteiger partial charge >= 0.3 is 0 Å². The molecule has 0 spiro atoms. The molecule has 0 amide bonds. The summed E-state index contributed by atoms with van der Waals surface area (Å²) < 4.78 is 0. The van der Waals surface area contributed by atoms with Gasteiger partial charge in [0.15, 0.2) is 0 Å². The summed E-state index contributed by atoms with van der Waals surface area (Å²) in [4.78, 5) is 2.26. The third-order valence-corrected chi connectivity index (χ3v) is 3.37. The lowest BCUT2D eigenvalue weighted by Crippen LogP contribution is -2.39. The zero-order valence-corrected chi connectivity index (χ0v) is 9.70. The minimum atomic E-state index is 0.205. The molecule has 0 atom stereocenters. The SMILES string of the molecule is OCCN(CCO)C1CCCCCCC1. The molecule has 90 valence electrons. The Hall–Kier alpha value is -0.120. The van der Waals surface area contributed by atoms with E-state index in [1.54, 1.807) is 0 Å². The van der Waals surface area contributed by atoms with Gasteiger partial charge in [-0.05, 0) is 12.8 Å². The fourth-order valence-corrected chi connectivity index (χ4v) is 2.53. The second kappa shape index (κ2) is 8.08. The molecule has 15 heavy (non-hydrogen) atoms. The number of hydrogen-bond donors (Lipinski definition) is 2. The van der Waals surface area contributed by atoms with Crippen LogP contribution in [0.2, 0.25) is 0 Å². The highest BCUT2D eigenvalue weighted by molar-refractivity contribution is 4.73. The van der Waals surface area contributed by atoms with Crippen molar-refractivity contribution in [1.82, 2.24) is 4.90 Å². The molecule has 0 saturated heterocycles. The van der Waals surface area contributed by atoms with E-state index in [1.807, 2.05) is 0 Å². The number of nitrogens with zero attached hydrogens (tertiary/aromatic N) is 1. The maximum absolute atomic E-state index is 9.00. The summed E-state index contributed by atoms with van der Waals surface area (Å²) in [6.45, 7) is 1.84. The van der Waals surface area contributed by atoms with Crippen molar-refractivity contribution in [2.75, 3.05) is 26.3 Å². The zero-order valence-electron chi connectivity index (χ0n) is 9.70. The van der Waals surface area contributed by atoms with Gasteiger partial charge in [-0.25, -0.2) is 0 Å². The Morgan fingerprint density at radius 1 is 0.800 bits per heavy atom. The first-order valence-electron chi connectivity index (χ1n) is 6.34. The standard InChI is InChI=1S/C12H25NO2/c14-10-8-13(9-11-15)12-6-4-2-1-3-5-7-12/h12,14-15H,1-11H2. The second-order valence-electron chi connectivity index (χ2n) is 4.48. The van der Waals surface area contributed by atoms with Crippen molar-refractivity contribution in [3.8, 4) is 0 Å².